The maximum absolute atomic E-state index is 11.9. The lowest BCUT2D eigenvalue weighted by atomic mass is 10.2. The maximum atomic E-state index is 11.9. The number of nitrogens with one attached hydrogen (secondary N) is 3. The van der Waals surface area contributed by atoms with Crippen LogP contribution in [0.15, 0.2) is 29.4 Å². The lowest BCUT2D eigenvalue weighted by Gasteiger charge is -2.17. The largest absolute Gasteiger partial charge is 0.507 e. The van der Waals surface area contributed by atoms with Gasteiger partial charge < -0.3 is 26.7 Å². The molecule has 10 N–H and O–H groups in total. The van der Waals surface area contributed by atoms with E-state index in [4.69, 9.17) is 22.7 Å². The molecule has 124 valence electrons. The molecule has 1 aromatic rings. The van der Waals surface area contributed by atoms with E-state index in [0.29, 0.717) is 5.12 Å². The number of hydrogen-bond acceptors (Lipinski definition) is 7. The van der Waals surface area contributed by atoms with Crippen molar-refractivity contribution >= 4 is 23.8 Å². The van der Waals surface area contributed by atoms with Crippen LogP contribution in [0.4, 0.5) is 0 Å². The summed E-state index contributed by atoms with van der Waals surface area (Å²) in [6.45, 7) is -0.394. The van der Waals surface area contributed by atoms with Crippen LogP contribution in [0.5, 0.6) is 5.75 Å². The van der Waals surface area contributed by atoms with Crippen LogP contribution in [-0.2, 0) is 9.63 Å². The molecule has 0 saturated heterocycles. The van der Waals surface area contributed by atoms with E-state index in [-0.39, 0.29) is 11.3 Å². The average Bonchev–Trinajstić information content (AvgIpc) is 2.50. The zero-order valence-electron chi connectivity index (χ0n) is 11.8. The fourth-order valence-corrected chi connectivity index (χ4v) is 1.28. The number of hydrazine groups is 2. The molecule has 23 heavy (non-hydrogen) atoms. The summed E-state index contributed by atoms with van der Waals surface area (Å²) in [4.78, 5) is 27.5. The van der Waals surface area contributed by atoms with Gasteiger partial charge in [0, 0.05) is 0 Å². The fraction of sp³-hybridized carbons (Fsp3) is 0.0909. The number of phenolic OH excluding ortho intramolecular Hbond substituents is 1. The summed E-state index contributed by atoms with van der Waals surface area (Å²) in [7, 11) is 0. The molecule has 0 unspecified atom stereocenters. The van der Waals surface area contributed by atoms with Gasteiger partial charge in [0.1, 0.15) is 12.3 Å². The summed E-state index contributed by atoms with van der Waals surface area (Å²) in [5, 5.41) is 22.2. The van der Waals surface area contributed by atoms with E-state index >= 15 is 0 Å². The van der Waals surface area contributed by atoms with Gasteiger partial charge >= 0.3 is 5.97 Å². The highest BCUT2D eigenvalue weighted by Crippen LogP contribution is 2.16. The van der Waals surface area contributed by atoms with Crippen molar-refractivity contribution in [2.45, 2.75) is 0 Å². The van der Waals surface area contributed by atoms with Gasteiger partial charge in [0.2, 0.25) is 0 Å². The Hall–Kier alpha value is -3.54. The SMILES string of the molecule is N=C(N)NCC(=O)ON=C(N)NN(N)C(=O)c1ccccc1O. The van der Waals surface area contributed by atoms with Gasteiger partial charge in [-0.25, -0.2) is 16.1 Å². The van der Waals surface area contributed by atoms with Crippen LogP contribution in [0.3, 0.4) is 0 Å². The molecule has 0 saturated carbocycles. The number of nitrogens with zero attached hydrogens (tertiary/aromatic N) is 2. The number of phenols is 1. The van der Waals surface area contributed by atoms with Crippen molar-refractivity contribution in [1.29, 1.82) is 5.41 Å². The Morgan fingerprint density at radius 1 is 1.35 bits per heavy atom. The van der Waals surface area contributed by atoms with Crippen LogP contribution in [0.1, 0.15) is 10.4 Å². The third-order valence-electron chi connectivity index (χ3n) is 2.26. The van der Waals surface area contributed by atoms with E-state index in [1.807, 2.05) is 0 Å². The number of carbonyl (C=O) groups excluding carboxylic acids is 2. The van der Waals surface area contributed by atoms with Gasteiger partial charge in [0.15, 0.2) is 5.96 Å². The molecular formula is C11H16N8O4. The lowest BCUT2D eigenvalue weighted by molar-refractivity contribution is -0.142. The summed E-state index contributed by atoms with van der Waals surface area (Å²) >= 11 is 0. The van der Waals surface area contributed by atoms with Gasteiger partial charge in [-0.15, -0.1) is 0 Å². The highest BCUT2D eigenvalue weighted by molar-refractivity contribution is 5.97. The van der Waals surface area contributed by atoms with Crippen LogP contribution >= 0.6 is 0 Å². The number of nitrogens with two attached hydrogens (primary N) is 3. The van der Waals surface area contributed by atoms with Crippen molar-refractivity contribution in [1.82, 2.24) is 15.9 Å². The van der Waals surface area contributed by atoms with E-state index < -0.39 is 30.3 Å². The number of rotatable bonds is 4. The van der Waals surface area contributed by atoms with Crippen LogP contribution in [-0.4, -0.2) is 40.6 Å². The van der Waals surface area contributed by atoms with Gasteiger partial charge in [-0.3, -0.25) is 10.2 Å². The maximum Gasteiger partial charge on any atom is 0.354 e. The molecule has 0 radical (unpaired) electrons. The van der Waals surface area contributed by atoms with Crippen LogP contribution in [0.2, 0.25) is 0 Å². The molecule has 12 nitrogen and oxygen atoms in total. The fourth-order valence-electron chi connectivity index (χ4n) is 1.28. The second-order valence-electron chi connectivity index (χ2n) is 4.01. The molecule has 0 atom stereocenters. The Kier molecular flexibility index (Phi) is 6.12. The Bertz CT molecular complexity index is 632. The summed E-state index contributed by atoms with van der Waals surface area (Å²) < 4.78 is 0. The topological polar surface area (TPSA) is 205 Å². The predicted molar refractivity (Wildman–Crippen MR) is 79.2 cm³/mol. The third-order valence-corrected chi connectivity index (χ3v) is 2.26. The van der Waals surface area contributed by atoms with Crippen molar-refractivity contribution < 1.29 is 19.5 Å². The van der Waals surface area contributed by atoms with E-state index in [0.717, 1.165) is 0 Å². The van der Waals surface area contributed by atoms with Crippen molar-refractivity contribution in [2.24, 2.45) is 22.5 Å². The van der Waals surface area contributed by atoms with Crippen molar-refractivity contribution in [3.63, 3.8) is 0 Å². The van der Waals surface area contributed by atoms with Gasteiger partial charge in [-0.2, -0.15) is 5.12 Å². The minimum atomic E-state index is -0.874. The summed E-state index contributed by atoms with van der Waals surface area (Å²) in [5.41, 5.74) is 12.4. The molecule has 0 aromatic heterocycles. The van der Waals surface area contributed by atoms with Crippen LogP contribution in [0.25, 0.3) is 0 Å². The molecule has 0 aliphatic heterocycles. The third kappa shape index (κ3) is 5.76. The first-order chi connectivity index (χ1) is 10.8. The number of carbonyl (C=O) groups is 2. The number of para-hydroxylation sites is 1. The molecule has 1 amide bonds. The Balaban J connectivity index is 2.56. The van der Waals surface area contributed by atoms with Gasteiger partial charge in [0.25, 0.3) is 11.9 Å². The van der Waals surface area contributed by atoms with E-state index in [1.54, 1.807) is 0 Å². The number of oxime groups is 1. The molecular weight excluding hydrogens is 308 g/mol. The molecule has 0 spiro atoms. The number of benzene rings is 1. The van der Waals surface area contributed by atoms with Gasteiger partial charge in [-0.05, 0) is 17.3 Å². The summed E-state index contributed by atoms with van der Waals surface area (Å²) in [5.74, 6) is 2.57. The molecule has 0 bridgehead atoms. The zero-order valence-corrected chi connectivity index (χ0v) is 11.8. The van der Waals surface area contributed by atoms with Crippen LogP contribution in [0, 0.1) is 5.41 Å². The van der Waals surface area contributed by atoms with E-state index in [2.05, 4.69) is 20.7 Å². The number of hydrogen-bond donors (Lipinski definition) is 7. The second kappa shape index (κ2) is 8.04. The average molecular weight is 324 g/mol. The van der Waals surface area contributed by atoms with Crippen LogP contribution < -0.4 is 28.1 Å². The van der Waals surface area contributed by atoms with Gasteiger partial charge in [0.05, 0.1) is 5.56 Å². The number of aromatic hydroxyl groups is 1. The van der Waals surface area contributed by atoms with E-state index in [9.17, 15) is 14.7 Å². The molecule has 0 aliphatic rings. The minimum absolute atomic E-state index is 0.0713. The van der Waals surface area contributed by atoms with Crippen molar-refractivity contribution in [2.75, 3.05) is 6.54 Å². The standard InChI is InChI=1S/C11H16N8O4/c12-10(13)16-5-8(21)23-18-11(14)17-19(15)9(22)6-3-1-2-4-7(6)20/h1-4,20H,5,15H2,(H4,12,13,16)(H3,14,17,18). The first-order valence-corrected chi connectivity index (χ1v) is 6.06. The van der Waals surface area contributed by atoms with E-state index in [1.165, 1.54) is 24.3 Å². The predicted octanol–water partition coefficient (Wildman–Crippen LogP) is -2.53. The molecule has 0 aliphatic carbocycles. The highest BCUT2D eigenvalue weighted by atomic mass is 16.7. The minimum Gasteiger partial charge on any atom is -0.507 e. The second-order valence-corrected chi connectivity index (χ2v) is 4.01. The van der Waals surface area contributed by atoms with Crippen molar-refractivity contribution in [3.05, 3.63) is 29.8 Å². The quantitative estimate of drug-likeness (QED) is 0.0777. The number of amides is 1. The Morgan fingerprint density at radius 3 is 2.61 bits per heavy atom. The van der Waals surface area contributed by atoms with Crippen molar-refractivity contribution in [3.8, 4) is 5.75 Å². The molecule has 0 heterocycles. The zero-order chi connectivity index (χ0) is 17.4. The Labute approximate surface area is 130 Å². The Morgan fingerprint density at radius 2 is 2.00 bits per heavy atom. The lowest BCUT2D eigenvalue weighted by Crippen LogP contribution is -2.53. The molecule has 1 aromatic carbocycles. The number of guanidine groups is 2. The summed E-state index contributed by atoms with van der Waals surface area (Å²) in [6.07, 6.45) is 0. The molecule has 1 rings (SSSR count). The molecule has 12 heteroatoms. The monoisotopic (exact) mass is 324 g/mol. The highest BCUT2D eigenvalue weighted by Gasteiger charge is 2.16. The molecule has 0 fully saturated rings. The summed E-state index contributed by atoms with van der Waals surface area (Å²) in [6, 6.07) is 5.72. The van der Waals surface area contributed by atoms with Gasteiger partial charge in [-0.1, -0.05) is 12.1 Å². The first-order valence-electron chi connectivity index (χ1n) is 6.06. The smallest absolute Gasteiger partial charge is 0.354 e. The first kappa shape index (κ1) is 17.5. The normalized spacial score (nSPS) is 10.6.